The summed E-state index contributed by atoms with van der Waals surface area (Å²) in [6, 6.07) is 0.145. The lowest BCUT2D eigenvalue weighted by molar-refractivity contribution is -0.264. The van der Waals surface area contributed by atoms with Gasteiger partial charge >= 0.3 is 6.11 Å². The van der Waals surface area contributed by atoms with Crippen LogP contribution in [0.15, 0.2) is 29.8 Å². The summed E-state index contributed by atoms with van der Waals surface area (Å²) < 4.78 is 39.2. The van der Waals surface area contributed by atoms with Gasteiger partial charge in [0.25, 0.3) is 5.56 Å². The normalized spacial score (nSPS) is 22.7. The molecular formula is C23H33F2N3O3. The van der Waals surface area contributed by atoms with Crippen molar-refractivity contribution in [3.05, 3.63) is 52.4 Å². The maximum absolute atomic E-state index is 13.9. The molecule has 1 aliphatic carbocycles. The van der Waals surface area contributed by atoms with Crippen LogP contribution < -0.4 is 5.56 Å². The van der Waals surface area contributed by atoms with Crippen molar-refractivity contribution in [1.82, 2.24) is 14.5 Å². The third kappa shape index (κ3) is 5.06. The molecule has 0 aromatic carbocycles. The summed E-state index contributed by atoms with van der Waals surface area (Å²) in [7, 11) is 1.06. The van der Waals surface area contributed by atoms with Crippen LogP contribution in [-0.4, -0.2) is 53.4 Å². The highest BCUT2D eigenvalue weighted by atomic mass is 19.3. The zero-order valence-electron chi connectivity index (χ0n) is 18.7. The molecule has 2 heterocycles. The van der Waals surface area contributed by atoms with Crippen LogP contribution in [0, 0.1) is 18.8 Å². The number of nitrogens with zero attached hydrogens (tertiary/aromatic N) is 3. The van der Waals surface area contributed by atoms with Crippen molar-refractivity contribution >= 4 is 0 Å². The van der Waals surface area contributed by atoms with Crippen LogP contribution in [0.5, 0.6) is 0 Å². The quantitative estimate of drug-likeness (QED) is 0.461. The number of aromatic nitrogens is 2. The number of ether oxygens (including phenoxy) is 2. The lowest BCUT2D eigenvalue weighted by Crippen LogP contribution is -2.51. The number of halogens is 2. The number of aryl methyl sites for hydroxylation is 1. The fraction of sp³-hybridized carbons (Fsp3) is 0.652. The Morgan fingerprint density at radius 3 is 2.61 bits per heavy atom. The van der Waals surface area contributed by atoms with Crippen LogP contribution in [0.2, 0.25) is 0 Å². The summed E-state index contributed by atoms with van der Waals surface area (Å²) in [5.74, 6) is 0.679. The second-order valence-corrected chi connectivity index (χ2v) is 8.59. The molecule has 1 aromatic rings. The van der Waals surface area contributed by atoms with E-state index in [-0.39, 0.29) is 11.6 Å². The summed E-state index contributed by atoms with van der Waals surface area (Å²) in [4.78, 5) is 20.2. The number of hydrogen-bond acceptors (Lipinski definition) is 5. The molecule has 0 radical (unpaired) electrons. The number of methoxy groups -OCH3 is 1. The molecule has 3 rings (SSSR count). The molecule has 2 aliphatic rings. The van der Waals surface area contributed by atoms with E-state index in [0.717, 1.165) is 24.8 Å². The molecular weight excluding hydrogens is 404 g/mol. The number of rotatable bonds is 8. The first-order valence-electron chi connectivity index (χ1n) is 10.9. The molecule has 2 atom stereocenters. The summed E-state index contributed by atoms with van der Waals surface area (Å²) in [6.45, 7) is 13.2. The minimum absolute atomic E-state index is 0.0342. The smallest absolute Gasteiger partial charge is 0.358 e. The van der Waals surface area contributed by atoms with E-state index in [1.54, 1.807) is 4.57 Å². The number of hydrogen-bond donors (Lipinski definition) is 0. The molecule has 1 aliphatic heterocycles. The van der Waals surface area contributed by atoms with Gasteiger partial charge in [-0.1, -0.05) is 20.1 Å². The fourth-order valence-electron chi connectivity index (χ4n) is 4.79. The average Bonchev–Trinajstić information content (AvgIpc) is 2.75. The molecule has 0 amide bonds. The second kappa shape index (κ2) is 9.61. The zero-order valence-corrected chi connectivity index (χ0v) is 18.7. The third-order valence-electron chi connectivity index (χ3n) is 6.70. The van der Waals surface area contributed by atoms with Crippen molar-refractivity contribution in [2.24, 2.45) is 11.8 Å². The van der Waals surface area contributed by atoms with Crippen molar-refractivity contribution < 1.29 is 18.3 Å². The van der Waals surface area contributed by atoms with Crippen molar-refractivity contribution in [2.45, 2.75) is 58.2 Å². The van der Waals surface area contributed by atoms with Gasteiger partial charge in [0.1, 0.15) is 18.2 Å². The van der Waals surface area contributed by atoms with Crippen LogP contribution in [0.25, 0.3) is 0 Å². The van der Waals surface area contributed by atoms with Gasteiger partial charge in [-0.3, -0.25) is 14.3 Å². The van der Waals surface area contributed by atoms with Crippen molar-refractivity contribution in [2.75, 3.05) is 26.8 Å². The highest BCUT2D eigenvalue weighted by Crippen LogP contribution is 2.36. The van der Waals surface area contributed by atoms with E-state index in [0.29, 0.717) is 63.0 Å². The zero-order chi connectivity index (χ0) is 22.8. The first-order chi connectivity index (χ1) is 14.7. The van der Waals surface area contributed by atoms with Crippen LogP contribution in [0.3, 0.4) is 0 Å². The van der Waals surface area contributed by atoms with Gasteiger partial charge in [-0.15, -0.1) is 0 Å². The molecule has 0 spiro atoms. The second-order valence-electron chi connectivity index (χ2n) is 8.59. The topological polar surface area (TPSA) is 56.6 Å². The molecule has 0 N–H and O–H groups in total. The minimum atomic E-state index is -3.08. The largest absolute Gasteiger partial charge is 0.492 e. The average molecular weight is 438 g/mol. The molecule has 8 heteroatoms. The van der Waals surface area contributed by atoms with Crippen LogP contribution in [0.1, 0.15) is 36.8 Å². The van der Waals surface area contributed by atoms with E-state index in [2.05, 4.69) is 29.7 Å². The molecule has 172 valence electrons. The van der Waals surface area contributed by atoms with Crippen LogP contribution in [0.4, 0.5) is 8.78 Å². The molecule has 0 bridgehead atoms. The van der Waals surface area contributed by atoms with Crippen LogP contribution >= 0.6 is 0 Å². The van der Waals surface area contributed by atoms with Gasteiger partial charge in [0.05, 0.1) is 18.2 Å². The van der Waals surface area contributed by atoms with Crippen molar-refractivity contribution in [1.29, 1.82) is 0 Å². The van der Waals surface area contributed by atoms with E-state index in [9.17, 15) is 13.6 Å². The number of fused-ring (bicyclic) bond motifs is 1. The molecule has 1 fully saturated rings. The van der Waals surface area contributed by atoms with Gasteiger partial charge in [-0.25, -0.2) is 4.98 Å². The fourth-order valence-corrected chi connectivity index (χ4v) is 4.79. The molecule has 2 unspecified atom stereocenters. The van der Waals surface area contributed by atoms with Crippen LogP contribution in [-0.2, 0) is 28.9 Å². The molecule has 1 aromatic heterocycles. The van der Waals surface area contributed by atoms with Gasteiger partial charge in [0.2, 0.25) is 0 Å². The van der Waals surface area contributed by atoms with E-state index in [1.807, 2.05) is 6.92 Å². The van der Waals surface area contributed by atoms with E-state index in [1.165, 1.54) is 6.08 Å². The van der Waals surface area contributed by atoms with Gasteiger partial charge in [-0.05, 0) is 57.7 Å². The van der Waals surface area contributed by atoms with Gasteiger partial charge in [0.15, 0.2) is 0 Å². The number of likely N-dealkylation sites (tertiary alicyclic amines) is 1. The summed E-state index contributed by atoms with van der Waals surface area (Å²) >= 11 is 0. The number of piperidine rings is 1. The Kier molecular flexibility index (Phi) is 7.31. The Hall–Kier alpha value is -2.06. The predicted molar refractivity (Wildman–Crippen MR) is 115 cm³/mol. The summed E-state index contributed by atoms with van der Waals surface area (Å²) in [5, 5.41) is 0. The SMILES string of the molecule is C=CC(=C)OCCn1c(C)nc2c(c1=O)CC(N1CCC(C(F)(F)OC)CC1)C(C)C2. The Balaban J connectivity index is 1.73. The van der Waals surface area contributed by atoms with Crippen molar-refractivity contribution in [3.8, 4) is 0 Å². The van der Waals surface area contributed by atoms with Gasteiger partial charge < -0.3 is 9.47 Å². The maximum Gasteiger partial charge on any atom is 0.358 e. The molecule has 1 saturated heterocycles. The molecule has 31 heavy (non-hydrogen) atoms. The number of alkyl halides is 2. The Morgan fingerprint density at radius 2 is 2.00 bits per heavy atom. The summed E-state index contributed by atoms with van der Waals surface area (Å²) in [6.07, 6.45) is 0.530. The summed E-state index contributed by atoms with van der Waals surface area (Å²) in [5.41, 5.74) is 1.56. The van der Waals surface area contributed by atoms with E-state index < -0.39 is 12.0 Å². The maximum atomic E-state index is 13.9. The third-order valence-corrected chi connectivity index (χ3v) is 6.70. The lowest BCUT2D eigenvalue weighted by Gasteiger charge is -2.43. The van der Waals surface area contributed by atoms with Gasteiger partial charge in [-0.2, -0.15) is 8.78 Å². The number of allylic oxidation sites excluding steroid dienone is 1. The molecule has 0 saturated carbocycles. The highest BCUT2D eigenvalue weighted by molar-refractivity contribution is 5.24. The Labute approximate surface area is 182 Å². The Morgan fingerprint density at radius 1 is 1.32 bits per heavy atom. The predicted octanol–water partition coefficient (Wildman–Crippen LogP) is 3.32. The highest BCUT2D eigenvalue weighted by Gasteiger charge is 2.43. The van der Waals surface area contributed by atoms with E-state index in [4.69, 9.17) is 9.72 Å². The molecule has 6 nitrogen and oxygen atoms in total. The monoisotopic (exact) mass is 437 g/mol. The minimum Gasteiger partial charge on any atom is -0.492 e. The first-order valence-corrected chi connectivity index (χ1v) is 10.9. The standard InChI is InChI=1S/C23H33F2N3O3/c1-6-16(3)31-12-11-28-17(4)26-20-13-15(2)21(14-19(20)22(28)29)27-9-7-18(8-10-27)23(24,25)30-5/h6,15,18,21H,1,3,7-14H2,2,4-5H3. The lowest BCUT2D eigenvalue weighted by atomic mass is 9.81. The van der Waals surface area contributed by atoms with Crippen molar-refractivity contribution in [3.63, 3.8) is 0 Å². The van der Waals surface area contributed by atoms with E-state index >= 15 is 0 Å². The first kappa shape index (κ1) is 23.6. The van der Waals surface area contributed by atoms with Gasteiger partial charge in [0, 0.05) is 18.7 Å². The Bertz CT molecular complexity index is 876.